The average molecular weight is 437 g/mol. The fourth-order valence-electron chi connectivity index (χ4n) is 7.16. The highest BCUT2D eigenvalue weighted by molar-refractivity contribution is 7.12. The third-order valence-corrected chi connectivity index (χ3v) is 8.15. The number of ether oxygens (including phenoxy) is 1. The van der Waals surface area contributed by atoms with Crippen molar-refractivity contribution >= 4 is 29.4 Å². The van der Waals surface area contributed by atoms with Crippen molar-refractivity contribution in [1.29, 1.82) is 0 Å². The molecule has 1 aromatic heterocycles. The molecule has 4 aliphatic rings. The summed E-state index contributed by atoms with van der Waals surface area (Å²) in [5.41, 5.74) is 4.00. The van der Waals surface area contributed by atoms with Crippen LogP contribution in [0.2, 0.25) is 0 Å². The first-order chi connectivity index (χ1) is 14.8. The van der Waals surface area contributed by atoms with Gasteiger partial charge in [-0.05, 0) is 96.5 Å². The summed E-state index contributed by atoms with van der Waals surface area (Å²) in [5, 5.41) is 6.09. The van der Waals surface area contributed by atoms with Crippen LogP contribution in [0.25, 0.3) is 0 Å². The first-order valence-corrected chi connectivity index (χ1v) is 11.8. The Kier molecular flexibility index (Phi) is 4.81. The number of benzene rings is 1. The predicted molar refractivity (Wildman–Crippen MR) is 121 cm³/mol. The number of amides is 1. The third kappa shape index (κ3) is 3.93. The van der Waals surface area contributed by atoms with E-state index in [0.717, 1.165) is 24.8 Å². The van der Waals surface area contributed by atoms with Gasteiger partial charge in [0.1, 0.15) is 10.6 Å². The molecule has 1 aromatic carbocycles. The third-order valence-electron chi connectivity index (χ3n) is 7.30. The minimum Gasteiger partial charge on any atom is -0.422 e. The lowest BCUT2D eigenvalue weighted by Crippen LogP contribution is -2.59. The number of thiophene rings is 1. The van der Waals surface area contributed by atoms with E-state index in [1.165, 1.54) is 30.6 Å². The van der Waals surface area contributed by atoms with Gasteiger partial charge in [-0.3, -0.25) is 4.79 Å². The van der Waals surface area contributed by atoms with E-state index in [9.17, 15) is 9.59 Å². The molecule has 4 bridgehead atoms. The normalized spacial score (nSPS) is 33.5. The zero-order chi connectivity index (χ0) is 21.7. The summed E-state index contributed by atoms with van der Waals surface area (Å²) in [6.07, 6.45) is 8.40. The highest BCUT2D eigenvalue weighted by atomic mass is 32.1. The van der Waals surface area contributed by atoms with Gasteiger partial charge in [0.25, 0.3) is 0 Å². The molecule has 4 saturated carbocycles. The van der Waals surface area contributed by atoms with Gasteiger partial charge in [-0.15, -0.1) is 11.3 Å². The summed E-state index contributed by atoms with van der Waals surface area (Å²) in [5.74, 6) is 0.869. The predicted octanol–water partition coefficient (Wildman–Crippen LogP) is 5.41. The van der Waals surface area contributed by atoms with Crippen molar-refractivity contribution in [3.8, 4) is 5.75 Å². The maximum absolute atomic E-state index is 13.2. The van der Waals surface area contributed by atoms with Gasteiger partial charge in [-0.25, -0.2) is 10.2 Å². The molecule has 0 radical (unpaired) electrons. The van der Waals surface area contributed by atoms with Crippen molar-refractivity contribution < 1.29 is 14.3 Å². The molecule has 4 fully saturated rings. The monoisotopic (exact) mass is 436 g/mol. The fourth-order valence-corrected chi connectivity index (χ4v) is 7.76. The molecule has 2 unspecified atom stereocenters. The molecule has 1 amide bonds. The van der Waals surface area contributed by atoms with E-state index < -0.39 is 0 Å². The van der Waals surface area contributed by atoms with Gasteiger partial charge in [0.15, 0.2) is 0 Å². The molecule has 2 atom stereocenters. The van der Waals surface area contributed by atoms with Crippen molar-refractivity contribution in [2.75, 3.05) is 0 Å². The van der Waals surface area contributed by atoms with E-state index in [-0.39, 0.29) is 17.3 Å². The van der Waals surface area contributed by atoms with Gasteiger partial charge in [0, 0.05) is 0 Å². The molecule has 0 spiro atoms. The molecule has 0 aliphatic heterocycles. The van der Waals surface area contributed by atoms with Crippen LogP contribution in [0.3, 0.4) is 0 Å². The minimum atomic E-state index is -0.360. The quantitative estimate of drug-likeness (QED) is 0.295. The van der Waals surface area contributed by atoms with E-state index >= 15 is 0 Å². The second-order valence-electron chi connectivity index (χ2n) is 10.5. The molecule has 5 nitrogen and oxygen atoms in total. The molecule has 6 rings (SSSR count). The van der Waals surface area contributed by atoms with E-state index in [0.29, 0.717) is 27.4 Å². The molecule has 162 valence electrons. The summed E-state index contributed by atoms with van der Waals surface area (Å²) < 4.78 is 5.37. The number of esters is 1. The second-order valence-corrected chi connectivity index (χ2v) is 11.5. The molecular weight excluding hydrogens is 408 g/mol. The van der Waals surface area contributed by atoms with Crippen molar-refractivity contribution in [2.45, 2.75) is 52.4 Å². The maximum Gasteiger partial charge on any atom is 0.353 e. The van der Waals surface area contributed by atoms with Gasteiger partial charge >= 0.3 is 5.97 Å². The Balaban J connectivity index is 1.21. The van der Waals surface area contributed by atoms with Gasteiger partial charge in [0.2, 0.25) is 5.91 Å². The Morgan fingerprint density at radius 2 is 1.77 bits per heavy atom. The number of nitrogens with one attached hydrogen (secondary N) is 1. The van der Waals surface area contributed by atoms with Crippen LogP contribution in [0.4, 0.5) is 0 Å². The topological polar surface area (TPSA) is 67.8 Å². The van der Waals surface area contributed by atoms with E-state index in [4.69, 9.17) is 4.74 Å². The molecular formula is C25H28N2O3S. The molecule has 4 aliphatic carbocycles. The van der Waals surface area contributed by atoms with Crippen molar-refractivity contribution in [3.05, 3.63) is 52.2 Å². The standard InChI is InChI=1S/C25H28N2O3S/c1-23-10-18-11-24(2,14-23)16-25(12-18,15-23)22(29)27-26-13-17-5-7-19(8-6-17)30-21(28)20-4-3-9-31-20/h3-9,13,18H,10-12,14-16H2,1-2H3,(H,27,29)/b26-13+. The SMILES string of the molecule is CC12CC3CC(C)(C1)CC(C(=O)N/N=C/c1ccc(OC(=O)c4cccs4)cc1)(C3)C2. The van der Waals surface area contributed by atoms with Crippen LogP contribution in [0.1, 0.15) is 67.6 Å². The lowest BCUT2D eigenvalue weighted by atomic mass is 9.40. The zero-order valence-corrected chi connectivity index (χ0v) is 18.8. The Hall–Kier alpha value is -2.47. The van der Waals surface area contributed by atoms with Gasteiger partial charge in [-0.2, -0.15) is 5.10 Å². The molecule has 1 N–H and O–H groups in total. The molecule has 0 saturated heterocycles. The maximum atomic E-state index is 13.2. The molecule has 6 heteroatoms. The van der Waals surface area contributed by atoms with Gasteiger partial charge in [0.05, 0.1) is 11.6 Å². The smallest absolute Gasteiger partial charge is 0.353 e. The van der Waals surface area contributed by atoms with Crippen LogP contribution >= 0.6 is 11.3 Å². The van der Waals surface area contributed by atoms with Gasteiger partial charge < -0.3 is 4.74 Å². The highest BCUT2D eigenvalue weighted by Crippen LogP contribution is 2.69. The highest BCUT2D eigenvalue weighted by Gasteiger charge is 2.62. The van der Waals surface area contributed by atoms with Crippen LogP contribution in [0.5, 0.6) is 5.75 Å². The van der Waals surface area contributed by atoms with E-state index in [1.807, 2.05) is 23.6 Å². The van der Waals surface area contributed by atoms with Crippen LogP contribution in [0, 0.1) is 22.2 Å². The second kappa shape index (κ2) is 7.30. The summed E-state index contributed by atoms with van der Waals surface area (Å²) in [6.45, 7) is 4.74. The first-order valence-electron chi connectivity index (χ1n) is 11.0. The van der Waals surface area contributed by atoms with Crippen LogP contribution < -0.4 is 10.2 Å². The van der Waals surface area contributed by atoms with Crippen molar-refractivity contribution in [2.24, 2.45) is 27.3 Å². The Morgan fingerprint density at radius 3 is 2.39 bits per heavy atom. The number of hydrogen-bond donors (Lipinski definition) is 1. The summed E-state index contributed by atoms with van der Waals surface area (Å²) >= 11 is 1.35. The lowest BCUT2D eigenvalue weighted by molar-refractivity contribution is -0.170. The van der Waals surface area contributed by atoms with Crippen LogP contribution in [-0.2, 0) is 4.79 Å². The van der Waals surface area contributed by atoms with Crippen LogP contribution in [-0.4, -0.2) is 18.1 Å². The number of hydrogen-bond acceptors (Lipinski definition) is 5. The minimum absolute atomic E-state index is 0.0757. The average Bonchev–Trinajstić information content (AvgIpc) is 3.21. The Bertz CT molecular complexity index is 1010. The lowest BCUT2D eigenvalue weighted by Gasteiger charge is -2.64. The number of nitrogens with zero attached hydrogens (tertiary/aromatic N) is 1. The summed E-state index contributed by atoms with van der Waals surface area (Å²) in [6, 6.07) is 10.7. The van der Waals surface area contributed by atoms with E-state index in [1.54, 1.807) is 24.4 Å². The largest absolute Gasteiger partial charge is 0.422 e. The number of rotatable bonds is 5. The number of hydrazone groups is 1. The van der Waals surface area contributed by atoms with E-state index in [2.05, 4.69) is 24.4 Å². The van der Waals surface area contributed by atoms with Crippen LogP contribution in [0.15, 0.2) is 46.9 Å². The summed E-state index contributed by atoms with van der Waals surface area (Å²) in [4.78, 5) is 25.8. The van der Waals surface area contributed by atoms with Gasteiger partial charge in [-0.1, -0.05) is 19.9 Å². The Labute approximate surface area is 186 Å². The Morgan fingerprint density at radius 1 is 1.06 bits per heavy atom. The van der Waals surface area contributed by atoms with Crippen molar-refractivity contribution in [1.82, 2.24) is 5.43 Å². The van der Waals surface area contributed by atoms with Crippen molar-refractivity contribution in [3.63, 3.8) is 0 Å². The molecule has 2 aromatic rings. The summed E-state index contributed by atoms with van der Waals surface area (Å²) in [7, 11) is 0. The number of carbonyl (C=O) groups excluding carboxylic acids is 2. The fraction of sp³-hybridized carbons (Fsp3) is 0.480. The zero-order valence-electron chi connectivity index (χ0n) is 18.0. The molecule has 31 heavy (non-hydrogen) atoms. The first kappa shape index (κ1) is 20.4. The number of carbonyl (C=O) groups is 2. The molecule has 1 heterocycles.